The average molecular weight is 221 g/mol. The maximum absolute atomic E-state index is 8.13. The van der Waals surface area contributed by atoms with E-state index in [1.54, 1.807) is 0 Å². The van der Waals surface area contributed by atoms with Crippen molar-refractivity contribution in [3.63, 3.8) is 0 Å². The zero-order valence-electron chi connectivity index (χ0n) is 9.30. The Hall–Kier alpha value is -2.43. The molecule has 0 spiro atoms. The molecule has 0 saturated heterocycles. The molecule has 82 valence electrons. The Morgan fingerprint density at radius 2 is 1.94 bits per heavy atom. The Morgan fingerprint density at radius 3 is 2.82 bits per heavy atom. The largest absolute Gasteiger partial charge is 0.0977 e. The fourth-order valence-electron chi connectivity index (χ4n) is 1.64. The maximum Gasteiger partial charge on any atom is 0.0367 e. The van der Waals surface area contributed by atoms with Gasteiger partial charge in [-0.2, -0.15) is 0 Å². The molecule has 0 aromatic heterocycles. The summed E-state index contributed by atoms with van der Waals surface area (Å²) in [5.41, 5.74) is 9.15. The lowest BCUT2D eigenvalue weighted by Crippen LogP contribution is -1.79. The highest BCUT2D eigenvalue weighted by molar-refractivity contribution is 5.88. The van der Waals surface area contributed by atoms with Crippen molar-refractivity contribution in [2.24, 2.45) is 5.11 Å². The minimum Gasteiger partial charge on any atom is -0.0977 e. The zero-order valence-corrected chi connectivity index (χ0v) is 9.30. The summed E-state index contributed by atoms with van der Waals surface area (Å²) in [4.78, 5) is 2.69. The zero-order chi connectivity index (χ0) is 11.9. The molecule has 0 heterocycles. The molecule has 0 saturated carbocycles. The highest BCUT2D eigenvalue weighted by atomic mass is 15.1. The van der Waals surface area contributed by atoms with Crippen LogP contribution in [0.2, 0.25) is 0 Å². The van der Waals surface area contributed by atoms with Crippen molar-refractivity contribution in [2.45, 2.75) is 6.42 Å². The van der Waals surface area contributed by atoms with Gasteiger partial charge in [-0.1, -0.05) is 53.4 Å². The SMILES string of the molecule is [N-]=[N+]=NCCC#Cc1cccc2ccccc12. The molecule has 2 rings (SSSR count). The van der Waals surface area contributed by atoms with Crippen LogP contribution in [-0.2, 0) is 0 Å². The summed E-state index contributed by atoms with van der Waals surface area (Å²) in [5, 5.41) is 5.79. The van der Waals surface area contributed by atoms with Crippen molar-refractivity contribution in [3.8, 4) is 11.8 Å². The third-order valence-electron chi connectivity index (χ3n) is 2.41. The Balaban J connectivity index is 2.26. The number of hydrogen-bond acceptors (Lipinski definition) is 1. The number of nitrogens with zero attached hydrogens (tertiary/aromatic N) is 3. The highest BCUT2D eigenvalue weighted by Gasteiger charge is 1.95. The molecule has 3 nitrogen and oxygen atoms in total. The van der Waals surface area contributed by atoms with Gasteiger partial charge < -0.3 is 0 Å². The second kappa shape index (κ2) is 5.60. The molecule has 3 heteroatoms. The summed E-state index contributed by atoms with van der Waals surface area (Å²) in [6, 6.07) is 14.2. The number of fused-ring (bicyclic) bond motifs is 1. The monoisotopic (exact) mass is 221 g/mol. The molecule has 0 amide bonds. The first-order chi connectivity index (χ1) is 8.42. The van der Waals surface area contributed by atoms with Crippen LogP contribution in [-0.4, -0.2) is 6.54 Å². The quantitative estimate of drug-likeness (QED) is 0.243. The topological polar surface area (TPSA) is 48.8 Å². The molecule has 0 fully saturated rings. The minimum absolute atomic E-state index is 0.425. The van der Waals surface area contributed by atoms with E-state index in [9.17, 15) is 0 Å². The van der Waals surface area contributed by atoms with E-state index in [2.05, 4.69) is 40.1 Å². The first-order valence-electron chi connectivity index (χ1n) is 5.39. The normalized spacial score (nSPS) is 9.18. The van der Waals surface area contributed by atoms with Gasteiger partial charge in [0.05, 0.1) is 0 Å². The number of rotatable bonds is 2. The van der Waals surface area contributed by atoms with E-state index in [1.807, 2.05) is 24.3 Å². The molecule has 2 aromatic rings. The van der Waals surface area contributed by atoms with Crippen LogP contribution in [0, 0.1) is 11.8 Å². The van der Waals surface area contributed by atoms with Crippen LogP contribution < -0.4 is 0 Å². The lowest BCUT2D eigenvalue weighted by atomic mass is 10.1. The first kappa shape index (κ1) is 11.1. The second-order valence-electron chi connectivity index (χ2n) is 3.53. The third-order valence-corrected chi connectivity index (χ3v) is 2.41. The molecular weight excluding hydrogens is 210 g/mol. The standard InChI is InChI=1S/C14H11N3/c15-17-16-11-4-3-7-13-9-5-8-12-6-1-2-10-14(12)13/h1-2,5-6,8-10H,4,11H2. The van der Waals surface area contributed by atoms with Gasteiger partial charge >= 0.3 is 0 Å². The van der Waals surface area contributed by atoms with E-state index in [4.69, 9.17) is 5.53 Å². The van der Waals surface area contributed by atoms with Crippen LogP contribution in [0.3, 0.4) is 0 Å². The summed E-state index contributed by atoms with van der Waals surface area (Å²) in [6.45, 7) is 0.425. The van der Waals surface area contributed by atoms with E-state index in [0.29, 0.717) is 13.0 Å². The molecule has 0 N–H and O–H groups in total. The van der Waals surface area contributed by atoms with Crippen molar-refractivity contribution in [2.75, 3.05) is 6.54 Å². The van der Waals surface area contributed by atoms with E-state index in [-0.39, 0.29) is 0 Å². The summed E-state index contributed by atoms with van der Waals surface area (Å²) in [5.74, 6) is 6.13. The first-order valence-corrected chi connectivity index (χ1v) is 5.39. The summed E-state index contributed by atoms with van der Waals surface area (Å²) >= 11 is 0. The van der Waals surface area contributed by atoms with Crippen molar-refractivity contribution >= 4 is 10.8 Å². The van der Waals surface area contributed by atoms with E-state index < -0.39 is 0 Å². The summed E-state index contributed by atoms with van der Waals surface area (Å²) in [6.07, 6.45) is 0.591. The van der Waals surface area contributed by atoms with Gasteiger partial charge in [-0.05, 0) is 22.4 Å². The van der Waals surface area contributed by atoms with Crippen LogP contribution in [0.5, 0.6) is 0 Å². The second-order valence-corrected chi connectivity index (χ2v) is 3.53. The van der Waals surface area contributed by atoms with Crippen molar-refractivity contribution in [3.05, 3.63) is 58.5 Å². The van der Waals surface area contributed by atoms with Gasteiger partial charge in [0.25, 0.3) is 0 Å². The molecule has 0 aliphatic carbocycles. The predicted octanol–water partition coefficient (Wildman–Crippen LogP) is 3.89. The van der Waals surface area contributed by atoms with E-state index in [0.717, 1.165) is 10.9 Å². The van der Waals surface area contributed by atoms with E-state index >= 15 is 0 Å². The Bertz CT molecular complexity index is 623. The Morgan fingerprint density at radius 1 is 1.12 bits per heavy atom. The van der Waals surface area contributed by atoms with Gasteiger partial charge in [-0.3, -0.25) is 0 Å². The fourth-order valence-corrected chi connectivity index (χ4v) is 1.64. The van der Waals surface area contributed by atoms with Crippen LogP contribution in [0.15, 0.2) is 47.6 Å². The van der Waals surface area contributed by atoms with Gasteiger partial charge in [-0.15, -0.1) is 0 Å². The van der Waals surface area contributed by atoms with Crippen LogP contribution in [0.4, 0.5) is 0 Å². The Kier molecular flexibility index (Phi) is 3.64. The average Bonchev–Trinajstić information content (AvgIpc) is 2.39. The van der Waals surface area contributed by atoms with Gasteiger partial charge in [0.1, 0.15) is 0 Å². The molecular formula is C14H11N3. The maximum atomic E-state index is 8.13. The highest BCUT2D eigenvalue weighted by Crippen LogP contribution is 2.17. The van der Waals surface area contributed by atoms with Crippen LogP contribution >= 0.6 is 0 Å². The van der Waals surface area contributed by atoms with Gasteiger partial charge in [-0.25, -0.2) is 0 Å². The van der Waals surface area contributed by atoms with Crippen LogP contribution in [0.25, 0.3) is 21.2 Å². The third kappa shape index (κ3) is 2.78. The number of benzene rings is 2. The van der Waals surface area contributed by atoms with Crippen LogP contribution in [0.1, 0.15) is 12.0 Å². The molecule has 2 aromatic carbocycles. The molecule has 0 atom stereocenters. The lowest BCUT2D eigenvalue weighted by molar-refractivity contribution is 1.01. The number of azide groups is 1. The predicted molar refractivity (Wildman–Crippen MR) is 69.5 cm³/mol. The lowest BCUT2D eigenvalue weighted by Gasteiger charge is -1.99. The molecule has 17 heavy (non-hydrogen) atoms. The minimum atomic E-state index is 0.425. The van der Waals surface area contributed by atoms with Crippen molar-refractivity contribution < 1.29 is 0 Å². The molecule has 0 aliphatic heterocycles. The van der Waals surface area contributed by atoms with Crippen molar-refractivity contribution in [1.29, 1.82) is 0 Å². The number of hydrogen-bond donors (Lipinski definition) is 0. The van der Waals surface area contributed by atoms with Gasteiger partial charge in [0.2, 0.25) is 0 Å². The Labute approximate surface area is 99.7 Å². The fraction of sp³-hybridized carbons (Fsp3) is 0.143. The van der Waals surface area contributed by atoms with E-state index in [1.165, 1.54) is 5.39 Å². The molecule has 0 aliphatic rings. The van der Waals surface area contributed by atoms with Gasteiger partial charge in [0.15, 0.2) is 0 Å². The molecule has 0 bridgehead atoms. The summed E-state index contributed by atoms with van der Waals surface area (Å²) < 4.78 is 0. The molecule has 0 unspecified atom stereocenters. The van der Waals surface area contributed by atoms with Gasteiger partial charge in [0, 0.05) is 23.4 Å². The summed E-state index contributed by atoms with van der Waals surface area (Å²) in [7, 11) is 0. The molecule has 0 radical (unpaired) electrons. The smallest absolute Gasteiger partial charge is 0.0367 e. The van der Waals surface area contributed by atoms with Crippen molar-refractivity contribution in [1.82, 2.24) is 0 Å².